The number of hydrogen-bond donors (Lipinski definition) is 1. The summed E-state index contributed by atoms with van der Waals surface area (Å²) in [7, 11) is 1.85. The first kappa shape index (κ1) is 10.7. The lowest BCUT2D eigenvalue weighted by Crippen LogP contribution is -2.08. The molecule has 2 rings (SSSR count). The highest BCUT2D eigenvalue weighted by atomic mass is 32.2. The topological polar surface area (TPSA) is 47.0 Å². The molecule has 1 saturated heterocycles. The van der Waals surface area contributed by atoms with Crippen molar-refractivity contribution in [2.45, 2.75) is 24.0 Å². The fraction of sp³-hybridized carbons (Fsp3) is 0.600. The predicted molar refractivity (Wildman–Crippen MR) is 61.3 cm³/mol. The van der Waals surface area contributed by atoms with Crippen LogP contribution in [0.25, 0.3) is 0 Å². The Labute approximate surface area is 93.8 Å². The van der Waals surface area contributed by atoms with E-state index in [1.807, 2.05) is 7.05 Å². The minimum atomic E-state index is 0.398. The van der Waals surface area contributed by atoms with E-state index in [9.17, 15) is 0 Å². The van der Waals surface area contributed by atoms with Crippen LogP contribution >= 0.6 is 11.8 Å². The molecule has 1 fully saturated rings. The van der Waals surface area contributed by atoms with Gasteiger partial charge in [-0.25, -0.2) is 4.98 Å². The molecule has 1 aromatic rings. The Balaban J connectivity index is 1.86. The van der Waals surface area contributed by atoms with E-state index in [1.165, 1.54) is 12.8 Å². The molecule has 1 atom stereocenters. The van der Waals surface area contributed by atoms with E-state index in [2.05, 4.69) is 15.3 Å². The molecule has 1 aliphatic heterocycles. The normalized spacial score (nSPS) is 20.5. The third-order valence-corrected chi connectivity index (χ3v) is 3.34. The number of rotatable bonds is 4. The van der Waals surface area contributed by atoms with Gasteiger partial charge >= 0.3 is 0 Å². The molecule has 1 aromatic heterocycles. The molecule has 4 nitrogen and oxygen atoms in total. The fourth-order valence-corrected chi connectivity index (χ4v) is 2.41. The van der Waals surface area contributed by atoms with Crippen LogP contribution in [0.4, 0.5) is 5.82 Å². The molecule has 1 unspecified atom stereocenters. The van der Waals surface area contributed by atoms with Gasteiger partial charge in [-0.15, -0.1) is 11.8 Å². The lowest BCUT2D eigenvalue weighted by molar-refractivity contribution is 0.129. The van der Waals surface area contributed by atoms with Crippen LogP contribution in [0.15, 0.2) is 17.4 Å². The lowest BCUT2D eigenvalue weighted by Gasteiger charge is -2.08. The van der Waals surface area contributed by atoms with Gasteiger partial charge < -0.3 is 10.1 Å². The first-order chi connectivity index (χ1) is 7.38. The van der Waals surface area contributed by atoms with Gasteiger partial charge in [0, 0.05) is 19.4 Å². The maximum Gasteiger partial charge on any atom is 0.145 e. The van der Waals surface area contributed by atoms with Gasteiger partial charge in [-0.1, -0.05) is 0 Å². The van der Waals surface area contributed by atoms with Gasteiger partial charge in [0.05, 0.1) is 18.5 Å². The zero-order chi connectivity index (χ0) is 10.5. The highest BCUT2D eigenvalue weighted by Gasteiger charge is 2.15. The molecule has 1 N–H and O–H groups in total. The molecule has 0 bridgehead atoms. The number of anilines is 1. The molecule has 2 heterocycles. The van der Waals surface area contributed by atoms with Gasteiger partial charge in [-0.3, -0.25) is 4.98 Å². The maximum atomic E-state index is 5.55. The summed E-state index contributed by atoms with van der Waals surface area (Å²) in [6, 6.07) is 0. The standard InChI is InChI=1S/C10H15N3OS/c1-11-9-5-12-6-10(13-9)15-7-8-3-2-4-14-8/h5-6,8H,2-4,7H2,1H3,(H,11,13). The van der Waals surface area contributed by atoms with Crippen LogP contribution in [0.5, 0.6) is 0 Å². The van der Waals surface area contributed by atoms with Crippen LogP contribution < -0.4 is 5.32 Å². The average molecular weight is 225 g/mol. The molecule has 15 heavy (non-hydrogen) atoms. The Kier molecular flexibility index (Phi) is 3.80. The minimum Gasteiger partial charge on any atom is -0.377 e. The summed E-state index contributed by atoms with van der Waals surface area (Å²) in [5, 5.41) is 3.93. The third-order valence-electron chi connectivity index (χ3n) is 2.31. The summed E-state index contributed by atoms with van der Waals surface area (Å²) < 4.78 is 5.55. The molecule has 1 aliphatic rings. The number of thioether (sulfide) groups is 1. The third kappa shape index (κ3) is 3.07. The Hall–Kier alpha value is -0.810. The second-order valence-electron chi connectivity index (χ2n) is 3.44. The SMILES string of the molecule is CNc1cncc(SCC2CCCO2)n1. The van der Waals surface area contributed by atoms with E-state index in [1.54, 1.807) is 24.2 Å². The van der Waals surface area contributed by atoms with Crippen molar-refractivity contribution >= 4 is 17.6 Å². The van der Waals surface area contributed by atoms with Gasteiger partial charge in [0.2, 0.25) is 0 Å². The van der Waals surface area contributed by atoms with Crippen molar-refractivity contribution in [2.75, 3.05) is 24.7 Å². The Morgan fingerprint density at radius 3 is 3.27 bits per heavy atom. The summed E-state index contributed by atoms with van der Waals surface area (Å²) >= 11 is 1.71. The van der Waals surface area contributed by atoms with Gasteiger partial charge in [0.25, 0.3) is 0 Å². The number of ether oxygens (including phenoxy) is 1. The first-order valence-corrected chi connectivity index (χ1v) is 6.11. The second kappa shape index (κ2) is 5.32. The predicted octanol–water partition coefficient (Wildman–Crippen LogP) is 1.79. The van der Waals surface area contributed by atoms with E-state index < -0.39 is 0 Å². The number of aromatic nitrogens is 2. The van der Waals surface area contributed by atoms with Crippen molar-refractivity contribution in [1.29, 1.82) is 0 Å². The minimum absolute atomic E-state index is 0.398. The zero-order valence-electron chi connectivity index (χ0n) is 8.77. The average Bonchev–Trinajstić information content (AvgIpc) is 2.79. The second-order valence-corrected chi connectivity index (χ2v) is 4.48. The Morgan fingerprint density at radius 1 is 1.60 bits per heavy atom. The van der Waals surface area contributed by atoms with E-state index >= 15 is 0 Å². The molecule has 0 aromatic carbocycles. The highest BCUT2D eigenvalue weighted by molar-refractivity contribution is 7.99. The highest BCUT2D eigenvalue weighted by Crippen LogP contribution is 2.22. The molecule has 0 saturated carbocycles. The Morgan fingerprint density at radius 2 is 2.53 bits per heavy atom. The summed E-state index contributed by atoms with van der Waals surface area (Å²) in [5.74, 6) is 1.79. The van der Waals surface area contributed by atoms with Crippen molar-refractivity contribution in [3.05, 3.63) is 12.4 Å². The summed E-state index contributed by atoms with van der Waals surface area (Å²) in [6.07, 6.45) is 6.27. The molecule has 0 radical (unpaired) electrons. The van der Waals surface area contributed by atoms with Gasteiger partial charge in [-0.2, -0.15) is 0 Å². The van der Waals surface area contributed by atoms with Crippen molar-refractivity contribution in [2.24, 2.45) is 0 Å². The molecule has 82 valence electrons. The van der Waals surface area contributed by atoms with Crippen molar-refractivity contribution in [3.63, 3.8) is 0 Å². The zero-order valence-corrected chi connectivity index (χ0v) is 9.59. The molecule has 5 heteroatoms. The van der Waals surface area contributed by atoms with Gasteiger partial charge in [0.15, 0.2) is 0 Å². The number of nitrogens with one attached hydrogen (secondary N) is 1. The van der Waals surface area contributed by atoms with E-state index in [-0.39, 0.29) is 0 Å². The maximum absolute atomic E-state index is 5.55. The summed E-state index contributed by atoms with van der Waals surface area (Å²) in [4.78, 5) is 8.50. The molecule has 0 amide bonds. The monoisotopic (exact) mass is 225 g/mol. The van der Waals surface area contributed by atoms with Gasteiger partial charge in [0.1, 0.15) is 10.8 Å². The van der Waals surface area contributed by atoms with Crippen molar-refractivity contribution in [1.82, 2.24) is 9.97 Å². The van der Waals surface area contributed by atoms with Crippen LogP contribution in [-0.2, 0) is 4.74 Å². The van der Waals surface area contributed by atoms with Crippen molar-refractivity contribution in [3.8, 4) is 0 Å². The van der Waals surface area contributed by atoms with Crippen LogP contribution in [0.1, 0.15) is 12.8 Å². The smallest absolute Gasteiger partial charge is 0.145 e. The molecular weight excluding hydrogens is 210 g/mol. The van der Waals surface area contributed by atoms with E-state index in [0.717, 1.165) is 23.2 Å². The van der Waals surface area contributed by atoms with Crippen LogP contribution in [-0.4, -0.2) is 35.5 Å². The quantitative estimate of drug-likeness (QED) is 0.792. The summed E-state index contributed by atoms with van der Waals surface area (Å²) in [5.41, 5.74) is 0. The molecular formula is C10H15N3OS. The first-order valence-electron chi connectivity index (χ1n) is 5.12. The molecule has 0 spiro atoms. The van der Waals surface area contributed by atoms with Crippen LogP contribution in [0, 0.1) is 0 Å². The van der Waals surface area contributed by atoms with Crippen LogP contribution in [0.2, 0.25) is 0 Å². The van der Waals surface area contributed by atoms with E-state index in [4.69, 9.17) is 4.74 Å². The summed E-state index contributed by atoms with van der Waals surface area (Å²) in [6.45, 7) is 0.910. The van der Waals surface area contributed by atoms with E-state index in [0.29, 0.717) is 6.10 Å². The van der Waals surface area contributed by atoms with Gasteiger partial charge in [-0.05, 0) is 12.8 Å². The fourth-order valence-electron chi connectivity index (χ4n) is 1.49. The van der Waals surface area contributed by atoms with Crippen molar-refractivity contribution < 1.29 is 4.74 Å². The van der Waals surface area contributed by atoms with Crippen LogP contribution in [0.3, 0.4) is 0 Å². The molecule has 0 aliphatic carbocycles. The number of nitrogens with zero attached hydrogens (tertiary/aromatic N) is 2. The largest absolute Gasteiger partial charge is 0.377 e. The Bertz CT molecular complexity index is 315. The number of hydrogen-bond acceptors (Lipinski definition) is 5. The lowest BCUT2D eigenvalue weighted by atomic mass is 10.3.